The lowest BCUT2D eigenvalue weighted by Crippen LogP contribution is -2.06. The van der Waals surface area contributed by atoms with Crippen molar-refractivity contribution in [3.05, 3.63) is 29.7 Å². The summed E-state index contributed by atoms with van der Waals surface area (Å²) in [7, 11) is 0. The number of rotatable bonds is 2. The SMILES string of the molecule is O=C(O)c1cnoc1C1CC=CCC1. The molecule has 4 heteroatoms. The third-order valence-corrected chi connectivity index (χ3v) is 2.47. The Morgan fingerprint density at radius 2 is 2.43 bits per heavy atom. The van der Waals surface area contributed by atoms with Gasteiger partial charge in [-0.3, -0.25) is 0 Å². The van der Waals surface area contributed by atoms with Gasteiger partial charge < -0.3 is 9.63 Å². The molecule has 0 aromatic carbocycles. The first-order valence-electron chi connectivity index (χ1n) is 4.62. The minimum absolute atomic E-state index is 0.175. The number of aromatic carboxylic acids is 1. The van der Waals surface area contributed by atoms with Gasteiger partial charge in [-0.05, 0) is 19.3 Å². The van der Waals surface area contributed by atoms with Gasteiger partial charge in [0, 0.05) is 5.92 Å². The van der Waals surface area contributed by atoms with Crippen LogP contribution in [0.25, 0.3) is 0 Å². The average Bonchev–Trinajstić information content (AvgIpc) is 2.67. The fourth-order valence-electron chi connectivity index (χ4n) is 1.74. The van der Waals surface area contributed by atoms with Crippen molar-refractivity contribution in [2.45, 2.75) is 25.2 Å². The molecule has 1 aliphatic carbocycles. The number of aromatic nitrogens is 1. The largest absolute Gasteiger partial charge is 0.478 e. The van der Waals surface area contributed by atoms with Crippen LogP contribution in [-0.2, 0) is 0 Å². The summed E-state index contributed by atoms with van der Waals surface area (Å²) in [5.41, 5.74) is 0.199. The number of carboxylic acid groups (broad SMARTS) is 1. The Morgan fingerprint density at radius 3 is 3.07 bits per heavy atom. The molecule has 0 saturated heterocycles. The lowest BCUT2D eigenvalue weighted by atomic mass is 9.90. The minimum Gasteiger partial charge on any atom is -0.478 e. The first-order valence-corrected chi connectivity index (χ1v) is 4.62. The molecule has 0 saturated carbocycles. The van der Waals surface area contributed by atoms with E-state index in [1.54, 1.807) is 0 Å². The number of allylic oxidation sites excluding steroid dienone is 2. The van der Waals surface area contributed by atoms with E-state index in [-0.39, 0.29) is 11.5 Å². The van der Waals surface area contributed by atoms with E-state index in [4.69, 9.17) is 9.63 Å². The Morgan fingerprint density at radius 1 is 1.57 bits per heavy atom. The predicted octanol–water partition coefficient (Wildman–Crippen LogP) is 2.20. The van der Waals surface area contributed by atoms with E-state index in [0.29, 0.717) is 5.76 Å². The quantitative estimate of drug-likeness (QED) is 0.731. The molecule has 1 aromatic rings. The topological polar surface area (TPSA) is 63.3 Å². The maximum atomic E-state index is 10.8. The summed E-state index contributed by atoms with van der Waals surface area (Å²) < 4.78 is 5.00. The molecule has 0 aliphatic heterocycles. The van der Waals surface area contributed by atoms with E-state index in [0.717, 1.165) is 19.3 Å². The van der Waals surface area contributed by atoms with Crippen molar-refractivity contribution in [3.8, 4) is 0 Å². The molecule has 0 bridgehead atoms. The van der Waals surface area contributed by atoms with Crippen LogP contribution in [0.2, 0.25) is 0 Å². The molecule has 0 amide bonds. The van der Waals surface area contributed by atoms with E-state index in [9.17, 15) is 4.79 Å². The number of nitrogens with zero attached hydrogens (tertiary/aromatic N) is 1. The molecule has 74 valence electrons. The summed E-state index contributed by atoms with van der Waals surface area (Å²) >= 11 is 0. The van der Waals surface area contributed by atoms with Crippen LogP contribution in [0.1, 0.15) is 41.3 Å². The van der Waals surface area contributed by atoms with Gasteiger partial charge in [0.15, 0.2) is 5.76 Å². The van der Waals surface area contributed by atoms with Crippen molar-refractivity contribution in [3.63, 3.8) is 0 Å². The highest BCUT2D eigenvalue weighted by atomic mass is 16.5. The molecular weight excluding hydrogens is 182 g/mol. The summed E-state index contributed by atoms with van der Waals surface area (Å²) in [4.78, 5) is 10.8. The Balaban J connectivity index is 2.26. The highest BCUT2D eigenvalue weighted by molar-refractivity contribution is 5.88. The van der Waals surface area contributed by atoms with Crippen LogP contribution in [0.3, 0.4) is 0 Å². The zero-order valence-electron chi connectivity index (χ0n) is 7.64. The molecular formula is C10H11NO3. The van der Waals surface area contributed by atoms with Gasteiger partial charge >= 0.3 is 5.97 Å². The van der Waals surface area contributed by atoms with Crippen LogP contribution < -0.4 is 0 Å². The van der Waals surface area contributed by atoms with Gasteiger partial charge in [0.1, 0.15) is 5.56 Å². The summed E-state index contributed by atoms with van der Waals surface area (Å²) in [6.45, 7) is 0. The molecule has 0 fully saturated rings. The molecule has 0 spiro atoms. The second-order valence-electron chi connectivity index (χ2n) is 3.39. The van der Waals surface area contributed by atoms with E-state index in [1.165, 1.54) is 6.20 Å². The Hall–Kier alpha value is -1.58. The van der Waals surface area contributed by atoms with Crippen LogP contribution >= 0.6 is 0 Å². The van der Waals surface area contributed by atoms with Crippen LogP contribution in [0.15, 0.2) is 22.9 Å². The molecule has 1 heterocycles. The Bertz CT molecular complexity index is 367. The first-order chi connectivity index (χ1) is 6.79. The summed E-state index contributed by atoms with van der Waals surface area (Å²) in [5, 5.41) is 12.4. The highest BCUT2D eigenvalue weighted by Crippen LogP contribution is 2.31. The number of hydrogen-bond acceptors (Lipinski definition) is 3. The fraction of sp³-hybridized carbons (Fsp3) is 0.400. The normalized spacial score (nSPS) is 21.0. The van der Waals surface area contributed by atoms with Crippen molar-refractivity contribution >= 4 is 5.97 Å². The van der Waals surface area contributed by atoms with Crippen molar-refractivity contribution in [1.82, 2.24) is 5.16 Å². The van der Waals surface area contributed by atoms with E-state index in [1.807, 2.05) is 0 Å². The first kappa shape index (κ1) is 8.99. The van der Waals surface area contributed by atoms with Crippen molar-refractivity contribution in [1.29, 1.82) is 0 Å². The van der Waals surface area contributed by atoms with E-state index < -0.39 is 5.97 Å². The smallest absolute Gasteiger partial charge is 0.340 e. The van der Waals surface area contributed by atoms with Gasteiger partial charge in [-0.25, -0.2) is 4.79 Å². The fourth-order valence-corrected chi connectivity index (χ4v) is 1.74. The maximum absolute atomic E-state index is 10.8. The molecule has 1 aromatic heterocycles. The standard InChI is InChI=1S/C10H11NO3/c12-10(13)8-6-11-14-9(8)7-4-2-1-3-5-7/h1-2,6-7H,3-5H2,(H,12,13). The number of hydrogen-bond donors (Lipinski definition) is 1. The number of carbonyl (C=O) groups is 1. The van der Waals surface area contributed by atoms with Crippen LogP contribution in [0.5, 0.6) is 0 Å². The van der Waals surface area contributed by atoms with Gasteiger partial charge in [0.2, 0.25) is 0 Å². The van der Waals surface area contributed by atoms with Crippen molar-refractivity contribution in [2.24, 2.45) is 0 Å². The zero-order valence-corrected chi connectivity index (χ0v) is 7.64. The Kier molecular flexibility index (Phi) is 2.35. The summed E-state index contributed by atoms with van der Waals surface area (Å²) in [6.07, 6.45) is 8.19. The van der Waals surface area contributed by atoms with Gasteiger partial charge in [-0.15, -0.1) is 0 Å². The van der Waals surface area contributed by atoms with Gasteiger partial charge in [-0.1, -0.05) is 17.3 Å². The van der Waals surface area contributed by atoms with Gasteiger partial charge in [-0.2, -0.15) is 0 Å². The van der Waals surface area contributed by atoms with Gasteiger partial charge in [0.05, 0.1) is 6.20 Å². The monoisotopic (exact) mass is 193 g/mol. The lowest BCUT2D eigenvalue weighted by Gasteiger charge is -2.14. The molecule has 1 aliphatic rings. The number of carboxylic acids is 1. The van der Waals surface area contributed by atoms with E-state index in [2.05, 4.69) is 17.3 Å². The Labute approximate surface area is 81.2 Å². The third kappa shape index (κ3) is 1.55. The third-order valence-electron chi connectivity index (χ3n) is 2.47. The molecule has 14 heavy (non-hydrogen) atoms. The summed E-state index contributed by atoms with van der Waals surface area (Å²) in [6, 6.07) is 0. The van der Waals surface area contributed by atoms with Gasteiger partial charge in [0.25, 0.3) is 0 Å². The molecule has 4 nitrogen and oxygen atoms in total. The molecule has 1 N–H and O–H groups in total. The molecule has 0 radical (unpaired) electrons. The lowest BCUT2D eigenvalue weighted by molar-refractivity contribution is 0.0693. The molecule has 1 atom stereocenters. The van der Waals surface area contributed by atoms with Crippen molar-refractivity contribution in [2.75, 3.05) is 0 Å². The second-order valence-corrected chi connectivity index (χ2v) is 3.39. The maximum Gasteiger partial charge on any atom is 0.340 e. The van der Waals surface area contributed by atoms with Crippen LogP contribution in [0, 0.1) is 0 Å². The summed E-state index contributed by atoms with van der Waals surface area (Å²) in [5.74, 6) is -0.272. The molecule has 2 rings (SSSR count). The average molecular weight is 193 g/mol. The van der Waals surface area contributed by atoms with Crippen LogP contribution in [0.4, 0.5) is 0 Å². The second kappa shape index (κ2) is 3.65. The zero-order chi connectivity index (χ0) is 9.97. The highest BCUT2D eigenvalue weighted by Gasteiger charge is 2.23. The molecule has 1 unspecified atom stereocenters. The van der Waals surface area contributed by atoms with E-state index >= 15 is 0 Å². The minimum atomic E-state index is -0.962. The van der Waals surface area contributed by atoms with Crippen LogP contribution in [-0.4, -0.2) is 16.2 Å². The van der Waals surface area contributed by atoms with Crippen molar-refractivity contribution < 1.29 is 14.4 Å². The predicted molar refractivity (Wildman–Crippen MR) is 49.2 cm³/mol.